The van der Waals surface area contributed by atoms with Gasteiger partial charge in [0, 0.05) is 21.1 Å². The zero-order valence-corrected chi connectivity index (χ0v) is 13.6. The molecule has 3 aromatic rings. The first-order chi connectivity index (χ1) is 10.1. The summed E-state index contributed by atoms with van der Waals surface area (Å²) < 4.78 is 14.3. The van der Waals surface area contributed by atoms with Gasteiger partial charge in [-0.05, 0) is 55.0 Å². The zero-order valence-electron chi connectivity index (χ0n) is 11.2. The van der Waals surface area contributed by atoms with Gasteiger partial charge in [0.05, 0.1) is 5.69 Å². The van der Waals surface area contributed by atoms with Crippen molar-refractivity contribution in [1.29, 1.82) is 0 Å². The lowest BCUT2D eigenvalue weighted by molar-refractivity contribution is 0.619. The second-order valence-electron chi connectivity index (χ2n) is 4.63. The third-order valence-corrected chi connectivity index (χ3v) is 4.34. The molecule has 0 aliphatic heterocycles. The van der Waals surface area contributed by atoms with E-state index in [9.17, 15) is 4.39 Å². The molecular formula is C16H12BrFN2S. The van der Waals surface area contributed by atoms with Crippen LogP contribution in [-0.2, 0) is 0 Å². The van der Waals surface area contributed by atoms with Crippen LogP contribution in [-0.4, -0.2) is 4.98 Å². The number of halogens is 2. The molecule has 2 aromatic carbocycles. The first-order valence-corrected chi connectivity index (χ1v) is 8.04. The van der Waals surface area contributed by atoms with Crippen molar-refractivity contribution in [3.05, 3.63) is 63.7 Å². The summed E-state index contributed by atoms with van der Waals surface area (Å²) in [5.41, 5.74) is 3.38. The quantitative estimate of drug-likeness (QED) is 0.640. The Morgan fingerprint density at radius 3 is 2.62 bits per heavy atom. The highest BCUT2D eigenvalue weighted by molar-refractivity contribution is 9.10. The van der Waals surface area contributed by atoms with Crippen molar-refractivity contribution in [2.45, 2.75) is 6.92 Å². The molecule has 0 radical (unpaired) electrons. The molecule has 0 unspecified atom stereocenters. The van der Waals surface area contributed by atoms with E-state index in [-0.39, 0.29) is 5.82 Å². The first-order valence-electron chi connectivity index (χ1n) is 6.36. The molecule has 0 aliphatic carbocycles. The van der Waals surface area contributed by atoms with Gasteiger partial charge in [0.25, 0.3) is 0 Å². The summed E-state index contributed by atoms with van der Waals surface area (Å²) in [6.45, 7) is 1.76. The number of rotatable bonds is 3. The van der Waals surface area contributed by atoms with Gasteiger partial charge in [-0.25, -0.2) is 9.37 Å². The van der Waals surface area contributed by atoms with Crippen LogP contribution in [0.4, 0.5) is 15.2 Å². The largest absolute Gasteiger partial charge is 0.332 e. The molecule has 0 saturated heterocycles. The van der Waals surface area contributed by atoms with Gasteiger partial charge in [-0.15, -0.1) is 11.3 Å². The lowest BCUT2D eigenvalue weighted by atomic mass is 10.1. The number of thiazole rings is 1. The molecule has 106 valence electrons. The summed E-state index contributed by atoms with van der Waals surface area (Å²) in [5, 5.41) is 6.04. The standard InChI is InChI=1S/C16H12BrFN2S/c1-10-8-11(2-7-14(10)18)15-9-21-16(20-15)19-13-5-3-12(17)4-6-13/h2-9H,1H3,(H,19,20). The molecule has 0 fully saturated rings. The summed E-state index contributed by atoms with van der Waals surface area (Å²) in [6, 6.07) is 12.9. The van der Waals surface area contributed by atoms with Crippen molar-refractivity contribution < 1.29 is 4.39 Å². The normalized spacial score (nSPS) is 10.6. The number of aryl methyl sites for hydroxylation is 1. The summed E-state index contributed by atoms with van der Waals surface area (Å²) in [7, 11) is 0. The second-order valence-corrected chi connectivity index (χ2v) is 6.41. The van der Waals surface area contributed by atoms with E-state index in [1.54, 1.807) is 13.0 Å². The number of nitrogens with zero attached hydrogens (tertiary/aromatic N) is 1. The third-order valence-electron chi connectivity index (χ3n) is 3.05. The molecule has 0 bridgehead atoms. The Bertz CT molecular complexity index is 768. The number of nitrogens with one attached hydrogen (secondary N) is 1. The van der Waals surface area contributed by atoms with E-state index < -0.39 is 0 Å². The van der Waals surface area contributed by atoms with Crippen LogP contribution < -0.4 is 5.32 Å². The number of hydrogen-bond acceptors (Lipinski definition) is 3. The molecule has 0 spiro atoms. The molecule has 21 heavy (non-hydrogen) atoms. The van der Waals surface area contributed by atoms with Gasteiger partial charge in [0.1, 0.15) is 5.82 Å². The molecule has 1 N–H and O–H groups in total. The summed E-state index contributed by atoms with van der Waals surface area (Å²) >= 11 is 4.93. The summed E-state index contributed by atoms with van der Waals surface area (Å²) in [5.74, 6) is -0.192. The number of hydrogen-bond donors (Lipinski definition) is 1. The van der Waals surface area contributed by atoms with Gasteiger partial charge in [-0.1, -0.05) is 15.9 Å². The van der Waals surface area contributed by atoms with Crippen molar-refractivity contribution in [2.75, 3.05) is 5.32 Å². The van der Waals surface area contributed by atoms with Crippen LogP contribution >= 0.6 is 27.3 Å². The van der Waals surface area contributed by atoms with Gasteiger partial charge < -0.3 is 5.32 Å². The minimum atomic E-state index is -0.192. The van der Waals surface area contributed by atoms with Gasteiger partial charge >= 0.3 is 0 Å². The predicted octanol–water partition coefficient (Wildman–Crippen LogP) is 5.76. The average molecular weight is 363 g/mol. The van der Waals surface area contributed by atoms with E-state index in [0.717, 1.165) is 26.5 Å². The maximum Gasteiger partial charge on any atom is 0.187 e. The smallest absolute Gasteiger partial charge is 0.187 e. The highest BCUT2D eigenvalue weighted by atomic mass is 79.9. The van der Waals surface area contributed by atoms with E-state index in [1.165, 1.54) is 17.4 Å². The number of anilines is 2. The fraction of sp³-hybridized carbons (Fsp3) is 0.0625. The van der Waals surface area contributed by atoms with Crippen LogP contribution in [0.2, 0.25) is 0 Å². The molecule has 1 heterocycles. The van der Waals surface area contributed by atoms with Crippen LogP contribution in [0.25, 0.3) is 11.3 Å². The lowest BCUT2D eigenvalue weighted by Gasteiger charge is -2.02. The molecule has 0 saturated carbocycles. The summed E-state index contributed by atoms with van der Waals surface area (Å²) in [6.07, 6.45) is 0. The fourth-order valence-corrected chi connectivity index (χ4v) is 2.93. The van der Waals surface area contributed by atoms with E-state index in [1.807, 2.05) is 35.7 Å². The predicted molar refractivity (Wildman–Crippen MR) is 89.7 cm³/mol. The Morgan fingerprint density at radius 1 is 1.14 bits per heavy atom. The van der Waals surface area contributed by atoms with Crippen molar-refractivity contribution in [3.8, 4) is 11.3 Å². The molecule has 5 heteroatoms. The molecule has 0 amide bonds. The van der Waals surface area contributed by atoms with E-state index >= 15 is 0 Å². The fourth-order valence-electron chi connectivity index (χ4n) is 1.92. The van der Waals surface area contributed by atoms with Crippen LogP contribution in [0, 0.1) is 12.7 Å². The van der Waals surface area contributed by atoms with Gasteiger partial charge in [0.2, 0.25) is 0 Å². The third kappa shape index (κ3) is 3.31. The maximum atomic E-state index is 13.3. The minimum Gasteiger partial charge on any atom is -0.332 e. The van der Waals surface area contributed by atoms with Gasteiger partial charge in [-0.3, -0.25) is 0 Å². The highest BCUT2D eigenvalue weighted by Crippen LogP contribution is 2.28. The van der Waals surface area contributed by atoms with Gasteiger partial charge in [-0.2, -0.15) is 0 Å². The maximum absolute atomic E-state index is 13.3. The van der Waals surface area contributed by atoms with Crippen LogP contribution in [0.5, 0.6) is 0 Å². The Morgan fingerprint density at radius 2 is 1.90 bits per heavy atom. The Balaban J connectivity index is 1.82. The van der Waals surface area contributed by atoms with E-state index in [2.05, 4.69) is 26.2 Å². The zero-order chi connectivity index (χ0) is 14.8. The van der Waals surface area contributed by atoms with Crippen molar-refractivity contribution >= 4 is 38.1 Å². The second kappa shape index (κ2) is 5.95. The minimum absolute atomic E-state index is 0.192. The van der Waals surface area contributed by atoms with Gasteiger partial charge in [0.15, 0.2) is 5.13 Å². The lowest BCUT2D eigenvalue weighted by Crippen LogP contribution is -1.89. The monoisotopic (exact) mass is 362 g/mol. The van der Waals surface area contributed by atoms with Crippen molar-refractivity contribution in [3.63, 3.8) is 0 Å². The first kappa shape index (κ1) is 14.2. The number of aromatic nitrogens is 1. The molecule has 0 atom stereocenters. The molecule has 1 aromatic heterocycles. The van der Waals surface area contributed by atoms with Crippen LogP contribution in [0.15, 0.2) is 52.3 Å². The van der Waals surface area contributed by atoms with Crippen molar-refractivity contribution in [2.24, 2.45) is 0 Å². The molecule has 0 aliphatic rings. The topological polar surface area (TPSA) is 24.9 Å². The highest BCUT2D eigenvalue weighted by Gasteiger charge is 2.07. The van der Waals surface area contributed by atoms with E-state index in [4.69, 9.17) is 0 Å². The SMILES string of the molecule is Cc1cc(-c2csc(Nc3ccc(Br)cc3)n2)ccc1F. The van der Waals surface area contributed by atoms with Crippen LogP contribution in [0.1, 0.15) is 5.56 Å². The van der Waals surface area contributed by atoms with Crippen molar-refractivity contribution in [1.82, 2.24) is 4.98 Å². The Kier molecular flexibility index (Phi) is 4.03. The Hall–Kier alpha value is -1.72. The Labute approximate surface area is 134 Å². The molecule has 3 rings (SSSR count). The molecule has 2 nitrogen and oxygen atoms in total. The van der Waals surface area contributed by atoms with E-state index in [0.29, 0.717) is 5.56 Å². The average Bonchev–Trinajstić information content (AvgIpc) is 2.93. The van der Waals surface area contributed by atoms with Crippen LogP contribution in [0.3, 0.4) is 0 Å². The number of benzene rings is 2. The summed E-state index contributed by atoms with van der Waals surface area (Å²) in [4.78, 5) is 4.54. The molecular weight excluding hydrogens is 351 g/mol.